The van der Waals surface area contributed by atoms with Gasteiger partial charge in [-0.25, -0.2) is 4.79 Å². The molecule has 0 aromatic rings. The van der Waals surface area contributed by atoms with Crippen molar-refractivity contribution in [2.45, 2.75) is 45.1 Å². The molecule has 1 aliphatic carbocycles. The van der Waals surface area contributed by atoms with Crippen LogP contribution in [0, 0.1) is 0 Å². The molecule has 0 bridgehead atoms. The second-order valence-corrected chi connectivity index (χ2v) is 4.65. The first-order chi connectivity index (χ1) is 7.83. The molecule has 1 aliphatic heterocycles. The lowest BCUT2D eigenvalue weighted by Crippen LogP contribution is -2.40. The van der Waals surface area contributed by atoms with Crippen LogP contribution in [-0.4, -0.2) is 48.3 Å². The maximum Gasteiger partial charge on any atom is 0.322 e. The topological polar surface area (TPSA) is 32.8 Å². The average molecular weight is 226 g/mol. The van der Waals surface area contributed by atoms with Gasteiger partial charge in [0.25, 0.3) is 0 Å². The van der Waals surface area contributed by atoms with Gasteiger partial charge in [0, 0.05) is 25.7 Å². The molecule has 2 rings (SSSR count). The van der Waals surface area contributed by atoms with Gasteiger partial charge in [0.2, 0.25) is 0 Å². The predicted molar refractivity (Wildman–Crippen MR) is 62.2 cm³/mol. The Hall–Kier alpha value is -0.770. The number of urea groups is 1. The molecule has 0 N–H and O–H groups in total. The Morgan fingerprint density at radius 2 is 2.00 bits per heavy atom. The van der Waals surface area contributed by atoms with Gasteiger partial charge in [-0.1, -0.05) is 19.3 Å². The summed E-state index contributed by atoms with van der Waals surface area (Å²) in [6, 6.07) is 0.674. The van der Waals surface area contributed by atoms with E-state index in [4.69, 9.17) is 4.74 Å². The van der Waals surface area contributed by atoms with Crippen molar-refractivity contribution in [1.82, 2.24) is 9.80 Å². The van der Waals surface area contributed by atoms with Crippen LogP contribution >= 0.6 is 0 Å². The highest BCUT2D eigenvalue weighted by molar-refractivity contribution is 5.76. The molecule has 2 amide bonds. The van der Waals surface area contributed by atoms with Gasteiger partial charge < -0.3 is 9.64 Å². The minimum atomic E-state index is 0.181. The lowest BCUT2D eigenvalue weighted by Gasteiger charge is -2.30. The van der Waals surface area contributed by atoms with Crippen LogP contribution in [0.2, 0.25) is 0 Å². The first-order valence-corrected chi connectivity index (χ1v) is 6.46. The van der Waals surface area contributed by atoms with E-state index < -0.39 is 0 Å². The van der Waals surface area contributed by atoms with Crippen LogP contribution in [0.3, 0.4) is 0 Å². The molecule has 0 unspecified atom stereocenters. The Morgan fingerprint density at radius 1 is 1.25 bits per heavy atom. The maximum atomic E-state index is 12.1. The number of rotatable bonds is 4. The molecule has 2 aliphatic rings. The van der Waals surface area contributed by atoms with Crippen LogP contribution in [0.4, 0.5) is 4.79 Å². The molecule has 1 heterocycles. The summed E-state index contributed by atoms with van der Waals surface area (Å²) in [7, 11) is 0. The van der Waals surface area contributed by atoms with Gasteiger partial charge in [-0.2, -0.15) is 0 Å². The number of carbonyl (C=O) groups is 1. The quantitative estimate of drug-likeness (QED) is 0.735. The minimum absolute atomic E-state index is 0.181. The average Bonchev–Trinajstić information content (AvgIpc) is 2.69. The second kappa shape index (κ2) is 5.53. The van der Waals surface area contributed by atoms with E-state index in [1.165, 1.54) is 32.1 Å². The first kappa shape index (κ1) is 11.7. The van der Waals surface area contributed by atoms with Crippen LogP contribution in [0.15, 0.2) is 0 Å². The van der Waals surface area contributed by atoms with Crippen LogP contribution in [-0.2, 0) is 4.74 Å². The lowest BCUT2D eigenvalue weighted by atomic mass is 9.94. The van der Waals surface area contributed by atoms with Crippen molar-refractivity contribution >= 4 is 6.03 Å². The highest BCUT2D eigenvalue weighted by Crippen LogP contribution is 2.25. The summed E-state index contributed by atoms with van der Waals surface area (Å²) in [5, 5.41) is 0. The van der Waals surface area contributed by atoms with Crippen molar-refractivity contribution < 1.29 is 9.53 Å². The van der Waals surface area contributed by atoms with Crippen LogP contribution in [0.5, 0.6) is 0 Å². The molecule has 1 saturated carbocycles. The normalized spacial score (nSPS) is 23.2. The standard InChI is InChI=1S/C12H22N2O2/c1-2-16-10-13-8-9-14(12(13)15)11-6-4-3-5-7-11/h11H,2-10H2,1H3. The lowest BCUT2D eigenvalue weighted by molar-refractivity contribution is 0.0618. The molecule has 16 heavy (non-hydrogen) atoms. The zero-order valence-corrected chi connectivity index (χ0v) is 10.2. The molecule has 4 heteroatoms. The zero-order valence-electron chi connectivity index (χ0n) is 10.2. The van der Waals surface area contributed by atoms with E-state index in [1.54, 1.807) is 0 Å². The van der Waals surface area contributed by atoms with Gasteiger partial charge in [0.15, 0.2) is 0 Å². The number of ether oxygens (including phenoxy) is 1. The molecule has 1 saturated heterocycles. The monoisotopic (exact) mass is 226 g/mol. The maximum absolute atomic E-state index is 12.1. The Balaban J connectivity index is 1.85. The van der Waals surface area contributed by atoms with Gasteiger partial charge in [0.05, 0.1) is 0 Å². The first-order valence-electron chi connectivity index (χ1n) is 6.46. The third-order valence-electron chi connectivity index (χ3n) is 3.59. The molecule has 0 aromatic carbocycles. The molecule has 4 nitrogen and oxygen atoms in total. The molecule has 0 aromatic heterocycles. The van der Waals surface area contributed by atoms with Gasteiger partial charge in [-0.05, 0) is 19.8 Å². The van der Waals surface area contributed by atoms with Crippen molar-refractivity contribution in [3.05, 3.63) is 0 Å². The van der Waals surface area contributed by atoms with E-state index in [-0.39, 0.29) is 6.03 Å². The van der Waals surface area contributed by atoms with Gasteiger partial charge in [-0.15, -0.1) is 0 Å². The van der Waals surface area contributed by atoms with Crippen molar-refractivity contribution in [3.63, 3.8) is 0 Å². The number of nitrogens with zero attached hydrogens (tertiary/aromatic N) is 2. The fourth-order valence-corrected chi connectivity index (χ4v) is 2.65. The number of amides is 2. The molecule has 0 radical (unpaired) electrons. The van der Waals surface area contributed by atoms with Crippen LogP contribution in [0.1, 0.15) is 39.0 Å². The summed E-state index contributed by atoms with van der Waals surface area (Å²) in [6.07, 6.45) is 6.27. The van der Waals surface area contributed by atoms with E-state index in [1.807, 2.05) is 11.8 Å². The van der Waals surface area contributed by atoms with Gasteiger partial charge in [0.1, 0.15) is 6.73 Å². The third kappa shape index (κ3) is 2.48. The zero-order chi connectivity index (χ0) is 11.4. The highest BCUT2D eigenvalue weighted by Gasteiger charge is 2.33. The summed E-state index contributed by atoms with van der Waals surface area (Å²) < 4.78 is 5.30. The fraction of sp³-hybridized carbons (Fsp3) is 0.917. The molecule has 0 spiro atoms. The number of hydrogen-bond donors (Lipinski definition) is 0. The van der Waals surface area contributed by atoms with Crippen LogP contribution < -0.4 is 0 Å². The van der Waals surface area contributed by atoms with E-state index >= 15 is 0 Å². The molecule has 92 valence electrons. The van der Waals surface area contributed by atoms with Gasteiger partial charge in [-0.3, -0.25) is 4.90 Å². The van der Waals surface area contributed by atoms with Gasteiger partial charge >= 0.3 is 6.03 Å². The van der Waals surface area contributed by atoms with Crippen molar-refractivity contribution in [2.75, 3.05) is 26.4 Å². The van der Waals surface area contributed by atoms with E-state index in [0.29, 0.717) is 19.4 Å². The summed E-state index contributed by atoms with van der Waals surface area (Å²) in [5.74, 6) is 0. The summed E-state index contributed by atoms with van der Waals surface area (Å²) in [6.45, 7) is 4.80. The molecule has 2 fully saturated rings. The molecular weight excluding hydrogens is 204 g/mol. The minimum Gasteiger partial charge on any atom is -0.361 e. The van der Waals surface area contributed by atoms with Crippen molar-refractivity contribution in [1.29, 1.82) is 0 Å². The molecule has 0 atom stereocenters. The van der Waals surface area contributed by atoms with E-state index in [9.17, 15) is 4.79 Å². The summed E-state index contributed by atoms with van der Waals surface area (Å²) in [4.78, 5) is 16.0. The Bertz CT molecular complexity index is 239. The number of hydrogen-bond acceptors (Lipinski definition) is 2. The van der Waals surface area contributed by atoms with Crippen molar-refractivity contribution in [2.24, 2.45) is 0 Å². The molecular formula is C12H22N2O2. The second-order valence-electron chi connectivity index (χ2n) is 4.65. The van der Waals surface area contributed by atoms with E-state index in [2.05, 4.69) is 4.90 Å². The van der Waals surface area contributed by atoms with Crippen LogP contribution in [0.25, 0.3) is 0 Å². The van der Waals surface area contributed by atoms with Crippen molar-refractivity contribution in [3.8, 4) is 0 Å². The predicted octanol–water partition coefficient (Wildman–Crippen LogP) is 2.05. The summed E-state index contributed by atoms with van der Waals surface area (Å²) >= 11 is 0. The largest absolute Gasteiger partial charge is 0.361 e. The summed E-state index contributed by atoms with van der Waals surface area (Å²) in [5.41, 5.74) is 0. The Kier molecular flexibility index (Phi) is 4.04. The van der Waals surface area contributed by atoms with E-state index in [0.717, 1.165) is 13.1 Å². The fourth-order valence-electron chi connectivity index (χ4n) is 2.65. The SMILES string of the molecule is CCOCN1CCN(C2CCCCC2)C1=O. The third-order valence-corrected chi connectivity index (χ3v) is 3.59. The smallest absolute Gasteiger partial charge is 0.322 e. The number of carbonyl (C=O) groups excluding carboxylic acids is 1. The Morgan fingerprint density at radius 3 is 2.69 bits per heavy atom. The Labute approximate surface area is 97.5 Å². The highest BCUT2D eigenvalue weighted by atomic mass is 16.5.